The second-order valence-electron chi connectivity index (χ2n) is 2.41. The Morgan fingerprint density at radius 2 is 1.92 bits per heavy atom. The van der Waals surface area contributed by atoms with Crippen molar-refractivity contribution in [1.29, 1.82) is 0 Å². The molecule has 1 aliphatic heterocycles. The van der Waals surface area contributed by atoms with Crippen LogP contribution in [0.2, 0.25) is 0 Å². The Morgan fingerprint density at radius 3 is 2.23 bits per heavy atom. The number of aliphatic hydroxyl groups excluding tert-OH is 1. The van der Waals surface area contributed by atoms with Crippen LogP contribution in [0.4, 0.5) is 4.79 Å². The average Bonchev–Trinajstić information content (AvgIpc) is 2.44. The molecule has 1 rings (SSSR count). The molecule has 76 valence electrons. The summed E-state index contributed by atoms with van der Waals surface area (Å²) in [6.45, 7) is 0. The highest BCUT2D eigenvalue weighted by atomic mass is 31.2. The van der Waals surface area contributed by atoms with Gasteiger partial charge in [0.05, 0.1) is 0 Å². The molecule has 0 unspecified atom stereocenters. The van der Waals surface area contributed by atoms with Gasteiger partial charge in [0.2, 0.25) is 0 Å². The van der Waals surface area contributed by atoms with E-state index in [2.05, 4.69) is 19.7 Å². The normalized spacial score (nSPS) is 28.4. The summed E-state index contributed by atoms with van der Waals surface area (Å²) in [7, 11) is -1.10. The van der Waals surface area contributed by atoms with Gasteiger partial charge < -0.3 is 24.8 Å². The highest BCUT2D eigenvalue weighted by Crippen LogP contribution is 2.52. The summed E-state index contributed by atoms with van der Waals surface area (Å²) < 4.78 is 20.9. The fraction of sp³-hybridized carbons (Fsp3) is 0.800. The third-order valence-electron chi connectivity index (χ3n) is 1.71. The first kappa shape index (κ1) is 10.5. The lowest BCUT2D eigenvalue weighted by Gasteiger charge is -2.21. The molecule has 0 spiro atoms. The summed E-state index contributed by atoms with van der Waals surface area (Å²) in [6.07, 6.45) is -1.27. The van der Waals surface area contributed by atoms with E-state index in [1.165, 1.54) is 14.2 Å². The van der Waals surface area contributed by atoms with Crippen molar-refractivity contribution in [3.05, 3.63) is 0 Å². The Balaban J connectivity index is 2.81. The number of hydrogen-bond acceptors (Lipinski definition) is 5. The number of hydrogen-bond donors (Lipinski definition) is 3. The van der Waals surface area contributed by atoms with Crippen molar-refractivity contribution in [3.63, 3.8) is 0 Å². The minimum atomic E-state index is -3.47. The molecular formula is C5H11N2O5P. The van der Waals surface area contributed by atoms with Gasteiger partial charge >= 0.3 is 13.6 Å². The largest absolute Gasteiger partial charge is 0.371 e. The van der Waals surface area contributed by atoms with Crippen molar-refractivity contribution >= 4 is 13.6 Å². The lowest BCUT2D eigenvalue weighted by molar-refractivity contribution is 0.145. The second kappa shape index (κ2) is 3.63. The number of amides is 2. The number of rotatable bonds is 3. The lowest BCUT2D eigenvalue weighted by Crippen LogP contribution is -2.33. The molecule has 0 radical (unpaired) electrons. The molecule has 2 amide bonds. The van der Waals surface area contributed by atoms with Gasteiger partial charge in [0.25, 0.3) is 0 Å². The van der Waals surface area contributed by atoms with Gasteiger partial charge in [-0.2, -0.15) is 0 Å². The van der Waals surface area contributed by atoms with E-state index in [0.29, 0.717) is 0 Å². The predicted molar refractivity (Wildman–Crippen MR) is 43.1 cm³/mol. The van der Waals surface area contributed by atoms with Gasteiger partial charge in [-0.15, -0.1) is 0 Å². The average molecular weight is 210 g/mol. The Kier molecular flexibility index (Phi) is 2.92. The smallest absolute Gasteiger partial charge is 0.356 e. The quantitative estimate of drug-likeness (QED) is 0.542. The van der Waals surface area contributed by atoms with Crippen LogP contribution in [0.1, 0.15) is 0 Å². The van der Waals surface area contributed by atoms with E-state index in [1.54, 1.807) is 0 Å². The zero-order chi connectivity index (χ0) is 10.1. The molecule has 7 nitrogen and oxygen atoms in total. The third kappa shape index (κ3) is 1.83. The molecule has 1 saturated heterocycles. The number of aliphatic hydroxyl groups is 1. The van der Waals surface area contributed by atoms with Crippen molar-refractivity contribution in [2.24, 2.45) is 0 Å². The van der Waals surface area contributed by atoms with Crippen LogP contribution < -0.4 is 10.6 Å². The molecule has 0 saturated carbocycles. The van der Waals surface area contributed by atoms with Gasteiger partial charge in [0.15, 0.2) is 12.0 Å². The van der Waals surface area contributed by atoms with E-state index < -0.39 is 25.6 Å². The summed E-state index contributed by atoms with van der Waals surface area (Å²) in [5.41, 5.74) is 0. The fourth-order valence-corrected chi connectivity index (χ4v) is 2.32. The molecule has 0 aromatic rings. The van der Waals surface area contributed by atoms with E-state index in [-0.39, 0.29) is 0 Å². The van der Waals surface area contributed by atoms with Crippen LogP contribution in [0, 0.1) is 0 Å². The molecule has 0 aliphatic carbocycles. The first-order chi connectivity index (χ1) is 6.03. The van der Waals surface area contributed by atoms with Gasteiger partial charge in [-0.1, -0.05) is 0 Å². The van der Waals surface area contributed by atoms with E-state index in [4.69, 9.17) is 0 Å². The highest BCUT2D eigenvalue weighted by molar-refractivity contribution is 7.54. The standard InChI is InChI=1S/C5H11N2O5P/c1-11-13(10,12-2)4-3(8)6-5(9)7-4/h3-4,8H,1-2H3,(H2,6,7,9)/t3-,4+/m1/s1. The highest BCUT2D eigenvalue weighted by Gasteiger charge is 2.45. The number of carbonyl (C=O) groups excluding carboxylic acids is 1. The molecule has 0 bridgehead atoms. The van der Waals surface area contributed by atoms with Crippen molar-refractivity contribution in [2.45, 2.75) is 12.0 Å². The molecule has 1 aliphatic rings. The fourth-order valence-electron chi connectivity index (χ4n) is 1.02. The third-order valence-corrected chi connectivity index (χ3v) is 3.82. The van der Waals surface area contributed by atoms with Gasteiger partial charge in [-0.25, -0.2) is 4.79 Å². The Bertz CT molecular complexity index is 249. The van der Waals surface area contributed by atoms with Gasteiger partial charge in [0, 0.05) is 14.2 Å². The van der Waals surface area contributed by atoms with Crippen LogP contribution in [0.25, 0.3) is 0 Å². The van der Waals surface area contributed by atoms with E-state index in [9.17, 15) is 14.5 Å². The van der Waals surface area contributed by atoms with Gasteiger partial charge in [0.1, 0.15) is 0 Å². The van der Waals surface area contributed by atoms with Crippen molar-refractivity contribution < 1.29 is 23.5 Å². The van der Waals surface area contributed by atoms with Crippen molar-refractivity contribution in [2.75, 3.05) is 14.2 Å². The first-order valence-electron chi connectivity index (χ1n) is 3.50. The predicted octanol–water partition coefficient (Wildman–Crippen LogP) is -0.570. The van der Waals surface area contributed by atoms with Crippen molar-refractivity contribution in [3.8, 4) is 0 Å². The molecule has 0 aromatic heterocycles. The minimum Gasteiger partial charge on any atom is -0.371 e. The summed E-state index contributed by atoms with van der Waals surface area (Å²) in [5, 5.41) is 13.6. The SMILES string of the molecule is COP(=O)(OC)[C@@H]1NC(=O)N[C@@H]1O. The lowest BCUT2D eigenvalue weighted by atomic mass is 10.6. The van der Waals surface area contributed by atoms with Crippen LogP contribution in [0.3, 0.4) is 0 Å². The van der Waals surface area contributed by atoms with Crippen LogP contribution in [0.5, 0.6) is 0 Å². The molecular weight excluding hydrogens is 199 g/mol. The molecule has 3 N–H and O–H groups in total. The van der Waals surface area contributed by atoms with Crippen LogP contribution in [-0.2, 0) is 13.6 Å². The Hall–Kier alpha value is -0.620. The monoisotopic (exact) mass is 210 g/mol. The number of carbonyl (C=O) groups is 1. The maximum atomic E-state index is 11.6. The van der Waals surface area contributed by atoms with Crippen LogP contribution in [-0.4, -0.2) is 37.4 Å². The van der Waals surface area contributed by atoms with Crippen LogP contribution in [0.15, 0.2) is 0 Å². The summed E-state index contributed by atoms with van der Waals surface area (Å²) in [6, 6.07) is -0.605. The molecule has 13 heavy (non-hydrogen) atoms. The van der Waals surface area contributed by atoms with E-state index >= 15 is 0 Å². The first-order valence-corrected chi connectivity index (χ1v) is 5.11. The Labute approximate surface area is 74.9 Å². The molecule has 2 atom stereocenters. The molecule has 1 fully saturated rings. The zero-order valence-corrected chi connectivity index (χ0v) is 8.08. The minimum absolute atomic E-state index is 0.605. The van der Waals surface area contributed by atoms with E-state index in [0.717, 1.165) is 0 Å². The van der Waals surface area contributed by atoms with Crippen LogP contribution >= 0.6 is 7.60 Å². The molecule has 1 heterocycles. The molecule has 0 aromatic carbocycles. The van der Waals surface area contributed by atoms with E-state index in [1.807, 2.05) is 0 Å². The number of urea groups is 1. The summed E-state index contributed by atoms with van der Waals surface area (Å²) in [5.74, 6) is -1.06. The Morgan fingerprint density at radius 1 is 1.38 bits per heavy atom. The topological polar surface area (TPSA) is 96.9 Å². The maximum Gasteiger partial charge on any atom is 0.356 e. The zero-order valence-electron chi connectivity index (χ0n) is 7.18. The van der Waals surface area contributed by atoms with Gasteiger partial charge in [-0.3, -0.25) is 4.57 Å². The summed E-state index contributed by atoms with van der Waals surface area (Å²) >= 11 is 0. The van der Waals surface area contributed by atoms with Gasteiger partial charge in [-0.05, 0) is 0 Å². The molecule has 8 heteroatoms. The summed E-state index contributed by atoms with van der Waals surface area (Å²) in [4.78, 5) is 10.7. The second-order valence-corrected chi connectivity index (χ2v) is 4.78. The van der Waals surface area contributed by atoms with Crippen molar-refractivity contribution in [1.82, 2.24) is 10.6 Å². The number of nitrogens with one attached hydrogen (secondary N) is 2. The maximum absolute atomic E-state index is 11.6.